The zero-order chi connectivity index (χ0) is 17.5. The van der Waals surface area contributed by atoms with Crippen molar-refractivity contribution in [1.82, 2.24) is 14.4 Å². The Morgan fingerprint density at radius 1 is 1.29 bits per heavy atom. The second-order valence-electron chi connectivity index (χ2n) is 5.08. The lowest BCUT2D eigenvalue weighted by Crippen LogP contribution is -2.15. The Morgan fingerprint density at radius 2 is 2.04 bits per heavy atom. The molecule has 124 valence electrons. The molecule has 0 bridgehead atoms. The van der Waals surface area contributed by atoms with Crippen LogP contribution in [-0.2, 0) is 6.18 Å². The van der Waals surface area contributed by atoms with E-state index in [9.17, 15) is 18.0 Å². The van der Waals surface area contributed by atoms with Crippen molar-refractivity contribution in [2.24, 2.45) is 0 Å². The van der Waals surface area contributed by atoms with Crippen molar-refractivity contribution in [3.63, 3.8) is 0 Å². The highest BCUT2D eigenvalue weighted by Crippen LogP contribution is 2.34. The third-order valence-electron chi connectivity index (χ3n) is 3.22. The summed E-state index contributed by atoms with van der Waals surface area (Å²) in [6.45, 7) is 1.59. The first-order valence-corrected chi connectivity index (χ1v) is 7.11. The van der Waals surface area contributed by atoms with Crippen molar-refractivity contribution >= 4 is 28.8 Å². The highest BCUT2D eigenvalue weighted by molar-refractivity contribution is 6.29. The van der Waals surface area contributed by atoms with E-state index < -0.39 is 17.6 Å². The smallest absolute Gasteiger partial charge is 0.321 e. The number of alkyl halides is 3. The highest BCUT2D eigenvalue weighted by Gasteiger charge is 2.34. The van der Waals surface area contributed by atoms with E-state index in [1.165, 1.54) is 35.1 Å². The molecule has 3 aromatic rings. The van der Waals surface area contributed by atoms with Crippen LogP contribution in [0.4, 0.5) is 18.9 Å². The minimum atomic E-state index is -4.60. The van der Waals surface area contributed by atoms with Gasteiger partial charge in [0.25, 0.3) is 5.91 Å². The molecule has 0 aliphatic heterocycles. The maximum atomic E-state index is 13.2. The summed E-state index contributed by atoms with van der Waals surface area (Å²) in [6, 6.07) is 3.69. The summed E-state index contributed by atoms with van der Waals surface area (Å²) in [7, 11) is 0. The van der Waals surface area contributed by atoms with Crippen LogP contribution in [0.1, 0.15) is 21.6 Å². The minimum Gasteiger partial charge on any atom is -0.321 e. The predicted octanol–water partition coefficient (Wildman–Crippen LogP) is 3.96. The first kappa shape index (κ1) is 16.3. The Kier molecular flexibility index (Phi) is 3.92. The van der Waals surface area contributed by atoms with Gasteiger partial charge in [-0.25, -0.2) is 9.97 Å². The van der Waals surface area contributed by atoms with E-state index in [4.69, 9.17) is 11.6 Å². The normalized spacial score (nSPS) is 11.7. The Labute approximate surface area is 139 Å². The van der Waals surface area contributed by atoms with Gasteiger partial charge in [0.05, 0.1) is 16.9 Å². The van der Waals surface area contributed by atoms with E-state index in [0.717, 1.165) is 6.07 Å². The second-order valence-corrected chi connectivity index (χ2v) is 5.46. The molecule has 3 aromatic heterocycles. The number of nitrogens with one attached hydrogen (secondary N) is 1. The van der Waals surface area contributed by atoms with Gasteiger partial charge >= 0.3 is 6.18 Å². The number of carbonyl (C=O) groups is 1. The van der Waals surface area contributed by atoms with Crippen molar-refractivity contribution in [1.29, 1.82) is 0 Å². The van der Waals surface area contributed by atoms with Crippen LogP contribution in [0, 0.1) is 6.92 Å². The summed E-state index contributed by atoms with van der Waals surface area (Å²) in [6.07, 6.45) is -0.542. The van der Waals surface area contributed by atoms with E-state index in [0.29, 0.717) is 5.69 Å². The van der Waals surface area contributed by atoms with Crippen molar-refractivity contribution in [2.75, 3.05) is 5.32 Å². The third kappa shape index (κ3) is 3.18. The molecule has 0 aliphatic carbocycles. The van der Waals surface area contributed by atoms with E-state index >= 15 is 0 Å². The zero-order valence-corrected chi connectivity index (χ0v) is 13.0. The lowest BCUT2D eigenvalue weighted by atomic mass is 10.2. The van der Waals surface area contributed by atoms with Gasteiger partial charge in [-0.2, -0.15) is 13.2 Å². The third-order valence-corrected chi connectivity index (χ3v) is 3.45. The van der Waals surface area contributed by atoms with E-state index in [1.54, 1.807) is 6.92 Å². The number of hydrogen-bond acceptors (Lipinski definition) is 3. The van der Waals surface area contributed by atoms with Crippen LogP contribution in [0.5, 0.6) is 0 Å². The number of nitrogens with zero attached hydrogens (tertiary/aromatic N) is 3. The van der Waals surface area contributed by atoms with Gasteiger partial charge in [0.2, 0.25) is 0 Å². The number of halogens is 4. The van der Waals surface area contributed by atoms with Crippen LogP contribution in [0.2, 0.25) is 5.15 Å². The summed E-state index contributed by atoms with van der Waals surface area (Å²) in [4.78, 5) is 19.8. The Balaban J connectivity index is 2.00. The number of anilines is 1. The second kappa shape index (κ2) is 5.79. The van der Waals surface area contributed by atoms with Crippen LogP contribution in [0.3, 0.4) is 0 Å². The maximum Gasteiger partial charge on any atom is 0.420 e. The molecule has 0 saturated carbocycles. The average Bonchev–Trinajstić information content (AvgIpc) is 2.86. The largest absolute Gasteiger partial charge is 0.420 e. The molecule has 24 heavy (non-hydrogen) atoms. The van der Waals surface area contributed by atoms with Crippen LogP contribution < -0.4 is 5.32 Å². The Morgan fingerprint density at radius 3 is 2.67 bits per heavy atom. The predicted molar refractivity (Wildman–Crippen MR) is 82.1 cm³/mol. The number of pyridine rings is 2. The summed E-state index contributed by atoms with van der Waals surface area (Å²) >= 11 is 5.64. The van der Waals surface area contributed by atoms with Gasteiger partial charge in [-0.3, -0.25) is 4.79 Å². The fourth-order valence-corrected chi connectivity index (χ4v) is 2.32. The summed E-state index contributed by atoms with van der Waals surface area (Å²) in [5.41, 5.74) is -0.540. The fourth-order valence-electron chi connectivity index (χ4n) is 2.21. The van der Waals surface area contributed by atoms with Gasteiger partial charge < -0.3 is 9.72 Å². The van der Waals surface area contributed by atoms with Gasteiger partial charge in [-0.05, 0) is 25.1 Å². The maximum absolute atomic E-state index is 13.2. The molecule has 5 nitrogen and oxygen atoms in total. The number of aryl methyl sites for hydroxylation is 1. The number of amides is 1. The molecule has 0 fully saturated rings. The van der Waals surface area contributed by atoms with Crippen LogP contribution in [-0.4, -0.2) is 20.3 Å². The Hall–Kier alpha value is -2.61. The van der Waals surface area contributed by atoms with Crippen LogP contribution in [0.15, 0.2) is 36.8 Å². The van der Waals surface area contributed by atoms with Gasteiger partial charge in [0.1, 0.15) is 16.4 Å². The molecule has 3 rings (SSSR count). The quantitative estimate of drug-likeness (QED) is 0.709. The molecule has 1 N–H and O–H groups in total. The molecular weight excluding hydrogens is 345 g/mol. The molecule has 9 heteroatoms. The summed E-state index contributed by atoms with van der Waals surface area (Å²) in [5, 5.41) is 2.63. The van der Waals surface area contributed by atoms with E-state index in [1.807, 2.05) is 0 Å². The van der Waals surface area contributed by atoms with Crippen molar-refractivity contribution in [3.8, 4) is 0 Å². The molecule has 0 aromatic carbocycles. The molecule has 3 heterocycles. The Bertz CT molecular complexity index is 919. The molecule has 1 amide bonds. The van der Waals surface area contributed by atoms with Crippen molar-refractivity contribution in [3.05, 3.63) is 58.8 Å². The molecule has 0 aliphatic rings. The number of aromatic nitrogens is 3. The molecule has 0 radical (unpaired) electrons. The van der Waals surface area contributed by atoms with Crippen molar-refractivity contribution < 1.29 is 18.0 Å². The number of carbonyl (C=O) groups excluding carboxylic acids is 1. The standard InChI is InChI=1S/C15H10ClF3N4O/c1-8-6-23-7-10(4-11(13(23)21-8)15(17,18)19)22-14(24)9-2-3-12(16)20-5-9/h2-7H,1H3,(H,22,24). The van der Waals surface area contributed by atoms with E-state index in [2.05, 4.69) is 15.3 Å². The van der Waals surface area contributed by atoms with Crippen LogP contribution >= 0.6 is 11.6 Å². The fraction of sp³-hybridized carbons (Fsp3) is 0.133. The molecule has 0 atom stereocenters. The van der Waals surface area contributed by atoms with Gasteiger partial charge in [0, 0.05) is 18.6 Å². The minimum absolute atomic E-state index is 0.00725. The van der Waals surface area contributed by atoms with Crippen LogP contribution in [0.25, 0.3) is 5.65 Å². The number of imidazole rings is 1. The van der Waals surface area contributed by atoms with Gasteiger partial charge in [-0.15, -0.1) is 0 Å². The molecule has 0 spiro atoms. The highest BCUT2D eigenvalue weighted by atomic mass is 35.5. The van der Waals surface area contributed by atoms with Gasteiger partial charge in [0.15, 0.2) is 0 Å². The lowest BCUT2D eigenvalue weighted by molar-refractivity contribution is -0.136. The zero-order valence-electron chi connectivity index (χ0n) is 12.2. The van der Waals surface area contributed by atoms with Gasteiger partial charge in [-0.1, -0.05) is 11.6 Å². The summed E-state index contributed by atoms with van der Waals surface area (Å²) in [5.74, 6) is -0.594. The van der Waals surface area contributed by atoms with Crippen molar-refractivity contribution in [2.45, 2.75) is 13.1 Å². The number of fused-ring (bicyclic) bond motifs is 1. The number of hydrogen-bond donors (Lipinski definition) is 1. The van der Waals surface area contributed by atoms with E-state index in [-0.39, 0.29) is 22.1 Å². The molecule has 0 unspecified atom stereocenters. The molecular formula is C15H10ClF3N4O. The monoisotopic (exact) mass is 354 g/mol. The topological polar surface area (TPSA) is 59.3 Å². The number of rotatable bonds is 2. The lowest BCUT2D eigenvalue weighted by Gasteiger charge is -2.12. The SMILES string of the molecule is Cc1cn2cc(NC(=O)c3ccc(Cl)nc3)cc(C(F)(F)F)c2n1. The first-order chi connectivity index (χ1) is 11.2. The first-order valence-electron chi connectivity index (χ1n) is 6.73. The summed E-state index contributed by atoms with van der Waals surface area (Å²) < 4.78 is 40.9. The average molecular weight is 355 g/mol. The molecule has 0 saturated heterocycles.